The average Bonchev–Trinajstić information content (AvgIpc) is 2.70. The Morgan fingerprint density at radius 3 is 2.07 bits per heavy atom. The van der Waals surface area contributed by atoms with Gasteiger partial charge in [-0.05, 0) is 24.3 Å². The molecular weight excluding hydrogens is 359 g/mol. The summed E-state index contributed by atoms with van der Waals surface area (Å²) >= 11 is 0. The second-order valence-electron chi connectivity index (χ2n) is 5.15. The van der Waals surface area contributed by atoms with E-state index < -0.39 is 17.6 Å². The van der Waals surface area contributed by atoms with Gasteiger partial charge in [0.15, 0.2) is 18.1 Å². The minimum absolute atomic E-state index is 0.134. The Morgan fingerprint density at radius 2 is 1.48 bits per heavy atom. The number of ether oxygens (including phenoxy) is 4. The quantitative estimate of drug-likeness (QED) is 0.712. The summed E-state index contributed by atoms with van der Waals surface area (Å²) in [6.45, 7) is -0.366. The second-order valence-corrected chi connectivity index (χ2v) is 5.15. The van der Waals surface area contributed by atoms with E-state index in [1.54, 1.807) is 0 Å². The summed E-state index contributed by atoms with van der Waals surface area (Å²) in [4.78, 5) is 24.1. The van der Waals surface area contributed by atoms with E-state index in [-0.39, 0.29) is 17.9 Å². The highest BCUT2D eigenvalue weighted by molar-refractivity contribution is 5.98. The van der Waals surface area contributed by atoms with Gasteiger partial charge >= 0.3 is 0 Å². The van der Waals surface area contributed by atoms with Crippen molar-refractivity contribution in [2.45, 2.75) is 0 Å². The Balaban J connectivity index is 1.96. The smallest absolute Gasteiger partial charge is 0.276 e. The van der Waals surface area contributed by atoms with Crippen molar-refractivity contribution < 1.29 is 32.9 Å². The highest BCUT2D eigenvalue weighted by atomic mass is 19.1. The van der Waals surface area contributed by atoms with Gasteiger partial charge in [0.05, 0.1) is 26.9 Å². The van der Waals surface area contributed by atoms with E-state index in [9.17, 15) is 14.0 Å². The lowest BCUT2D eigenvalue weighted by molar-refractivity contribution is -0.123. The first-order valence-electron chi connectivity index (χ1n) is 7.76. The number of methoxy groups -OCH3 is 3. The van der Waals surface area contributed by atoms with Crippen molar-refractivity contribution >= 4 is 11.8 Å². The van der Waals surface area contributed by atoms with E-state index in [4.69, 9.17) is 18.9 Å². The number of halogens is 1. The van der Waals surface area contributed by atoms with Gasteiger partial charge in [0.25, 0.3) is 11.8 Å². The van der Waals surface area contributed by atoms with Crippen molar-refractivity contribution in [3.05, 3.63) is 47.8 Å². The van der Waals surface area contributed by atoms with Crippen LogP contribution in [0.5, 0.6) is 23.0 Å². The molecule has 2 amide bonds. The van der Waals surface area contributed by atoms with Gasteiger partial charge in [0.2, 0.25) is 0 Å². The van der Waals surface area contributed by atoms with E-state index in [0.717, 1.165) is 0 Å². The van der Waals surface area contributed by atoms with Crippen molar-refractivity contribution in [2.75, 3.05) is 27.9 Å². The topological polar surface area (TPSA) is 95.1 Å². The molecule has 0 spiro atoms. The normalized spacial score (nSPS) is 9.93. The molecule has 2 N–H and O–H groups in total. The third-order valence-electron chi connectivity index (χ3n) is 3.45. The molecule has 27 heavy (non-hydrogen) atoms. The molecule has 0 aliphatic heterocycles. The molecule has 2 aromatic rings. The Morgan fingerprint density at radius 1 is 0.889 bits per heavy atom. The molecule has 0 saturated carbocycles. The Labute approximate surface area is 155 Å². The van der Waals surface area contributed by atoms with Crippen molar-refractivity contribution in [3.8, 4) is 23.0 Å². The van der Waals surface area contributed by atoms with E-state index in [2.05, 4.69) is 10.9 Å². The summed E-state index contributed by atoms with van der Waals surface area (Å²) < 4.78 is 33.5. The number of carbonyl (C=O) groups is 2. The number of nitrogens with one attached hydrogen (secondary N) is 2. The van der Waals surface area contributed by atoms with E-state index in [1.807, 2.05) is 0 Å². The Hall–Kier alpha value is -3.49. The molecule has 8 nitrogen and oxygen atoms in total. The van der Waals surface area contributed by atoms with Gasteiger partial charge in [-0.2, -0.15) is 0 Å². The maximum atomic E-state index is 12.8. The molecule has 2 rings (SSSR count). The third kappa shape index (κ3) is 5.24. The largest absolute Gasteiger partial charge is 0.496 e. The molecule has 0 fully saturated rings. The number of benzene rings is 2. The number of rotatable bonds is 7. The Kier molecular flexibility index (Phi) is 6.81. The first kappa shape index (κ1) is 19.8. The predicted octanol–water partition coefficient (Wildman–Crippen LogP) is 1.69. The van der Waals surface area contributed by atoms with Crippen LogP contribution < -0.4 is 29.8 Å². The van der Waals surface area contributed by atoms with E-state index in [0.29, 0.717) is 17.2 Å². The van der Waals surface area contributed by atoms with Gasteiger partial charge in [-0.25, -0.2) is 4.39 Å². The van der Waals surface area contributed by atoms with Crippen molar-refractivity contribution in [1.82, 2.24) is 10.9 Å². The fourth-order valence-electron chi connectivity index (χ4n) is 2.12. The zero-order chi connectivity index (χ0) is 19.8. The molecule has 0 radical (unpaired) electrons. The summed E-state index contributed by atoms with van der Waals surface area (Å²) in [7, 11) is 4.28. The summed E-state index contributed by atoms with van der Waals surface area (Å²) in [5.41, 5.74) is 4.60. The molecule has 144 valence electrons. The van der Waals surface area contributed by atoms with Crippen LogP contribution in [0.2, 0.25) is 0 Å². The number of carbonyl (C=O) groups excluding carboxylic acids is 2. The molecule has 0 aliphatic carbocycles. The first-order chi connectivity index (χ1) is 13.0. The van der Waals surface area contributed by atoms with Crippen LogP contribution in [0.4, 0.5) is 4.39 Å². The molecule has 0 aliphatic rings. The van der Waals surface area contributed by atoms with Crippen LogP contribution in [0.25, 0.3) is 0 Å². The maximum Gasteiger partial charge on any atom is 0.276 e. The number of hydrogen-bond acceptors (Lipinski definition) is 6. The molecule has 0 unspecified atom stereocenters. The summed E-state index contributed by atoms with van der Waals surface area (Å²) in [5, 5.41) is 0. The van der Waals surface area contributed by atoms with Gasteiger partial charge in [0, 0.05) is 12.1 Å². The predicted molar refractivity (Wildman–Crippen MR) is 93.6 cm³/mol. The lowest BCUT2D eigenvalue weighted by atomic mass is 10.1. The number of hydrogen-bond donors (Lipinski definition) is 2. The molecule has 0 bridgehead atoms. The number of hydrazine groups is 1. The molecule has 9 heteroatoms. The third-order valence-corrected chi connectivity index (χ3v) is 3.45. The van der Waals surface area contributed by atoms with Crippen LogP contribution in [-0.4, -0.2) is 39.8 Å². The summed E-state index contributed by atoms with van der Waals surface area (Å²) in [6.07, 6.45) is 0. The fraction of sp³-hybridized carbons (Fsp3) is 0.222. The molecule has 0 atom stereocenters. The maximum absolute atomic E-state index is 12.8. The average molecular weight is 378 g/mol. The van der Waals surface area contributed by atoms with Gasteiger partial charge in [-0.1, -0.05) is 0 Å². The molecule has 0 aromatic heterocycles. The van der Waals surface area contributed by atoms with Crippen LogP contribution in [0.15, 0.2) is 36.4 Å². The zero-order valence-electron chi connectivity index (χ0n) is 15.0. The lowest BCUT2D eigenvalue weighted by Gasteiger charge is -2.14. The van der Waals surface area contributed by atoms with Crippen molar-refractivity contribution in [3.63, 3.8) is 0 Å². The van der Waals surface area contributed by atoms with Crippen LogP contribution in [-0.2, 0) is 4.79 Å². The first-order valence-corrected chi connectivity index (χ1v) is 7.76. The van der Waals surface area contributed by atoms with Crippen LogP contribution in [0.1, 0.15) is 10.4 Å². The molecule has 0 heterocycles. The van der Waals surface area contributed by atoms with Crippen LogP contribution in [0, 0.1) is 5.82 Å². The standard InChI is InChI=1S/C18H19FN2O6/c1-24-14-9-16(26-3)15(25-2)8-13(14)18(23)21-20-17(22)10-27-12-6-4-11(19)5-7-12/h4-9H,10H2,1-3H3,(H,20,22)(H,21,23). The highest BCUT2D eigenvalue weighted by Crippen LogP contribution is 2.34. The minimum atomic E-state index is -0.622. The van der Waals surface area contributed by atoms with Crippen molar-refractivity contribution in [1.29, 1.82) is 0 Å². The lowest BCUT2D eigenvalue weighted by Crippen LogP contribution is -2.43. The fourth-order valence-corrected chi connectivity index (χ4v) is 2.12. The van der Waals surface area contributed by atoms with Gasteiger partial charge < -0.3 is 18.9 Å². The van der Waals surface area contributed by atoms with Gasteiger partial charge in [-0.3, -0.25) is 20.4 Å². The zero-order valence-corrected chi connectivity index (χ0v) is 15.0. The van der Waals surface area contributed by atoms with Crippen LogP contribution in [0.3, 0.4) is 0 Å². The van der Waals surface area contributed by atoms with Crippen LogP contribution >= 0.6 is 0 Å². The monoisotopic (exact) mass is 378 g/mol. The van der Waals surface area contributed by atoms with Crippen molar-refractivity contribution in [2.24, 2.45) is 0 Å². The van der Waals surface area contributed by atoms with E-state index in [1.165, 1.54) is 57.7 Å². The minimum Gasteiger partial charge on any atom is -0.496 e. The highest BCUT2D eigenvalue weighted by Gasteiger charge is 2.18. The molecular formula is C18H19FN2O6. The Bertz CT molecular complexity index is 810. The van der Waals surface area contributed by atoms with Gasteiger partial charge in [0.1, 0.15) is 17.3 Å². The van der Waals surface area contributed by atoms with E-state index >= 15 is 0 Å². The molecule has 2 aromatic carbocycles. The second kappa shape index (κ2) is 9.27. The summed E-state index contributed by atoms with van der Waals surface area (Å²) in [5.74, 6) is -0.364. The van der Waals surface area contributed by atoms with Gasteiger partial charge in [-0.15, -0.1) is 0 Å². The summed E-state index contributed by atoms with van der Waals surface area (Å²) in [6, 6.07) is 8.10. The molecule has 0 saturated heterocycles. The SMILES string of the molecule is COc1cc(OC)c(C(=O)NNC(=O)COc2ccc(F)cc2)cc1OC. The number of amides is 2.